The smallest absolute Gasteiger partial charge is 0.354 e. The molecule has 4 nitrogen and oxygen atoms in total. The molecule has 5 heteroatoms. The fourth-order valence-corrected chi connectivity index (χ4v) is 7.09. The quantitative estimate of drug-likeness (QED) is 0.205. The zero-order valence-electron chi connectivity index (χ0n) is 26.6. The first-order valence-electron chi connectivity index (χ1n) is 15.7. The molecule has 3 aromatic heterocycles. The van der Waals surface area contributed by atoms with Gasteiger partial charge in [-0.3, -0.25) is 0 Å². The first-order valence-corrected chi connectivity index (χ1v) is 15.7. The summed E-state index contributed by atoms with van der Waals surface area (Å²) in [5.41, 5.74) is 19.4. The summed E-state index contributed by atoms with van der Waals surface area (Å²) < 4.78 is 2.57. The maximum Gasteiger partial charge on any atom is 2.00 e. The van der Waals surface area contributed by atoms with E-state index in [-0.39, 0.29) is 19.5 Å². The molecule has 0 fully saturated rings. The number of hydrogen-bond donors (Lipinski definition) is 1. The van der Waals surface area contributed by atoms with Gasteiger partial charge in [0, 0.05) is 34.2 Å². The van der Waals surface area contributed by atoms with Crippen LogP contribution in [0.4, 0.5) is 0 Å². The minimum atomic E-state index is 0. The van der Waals surface area contributed by atoms with Gasteiger partial charge in [0.2, 0.25) is 0 Å². The fourth-order valence-electron chi connectivity index (χ4n) is 7.09. The molecule has 0 atom stereocenters. The fraction of sp³-hybridized carbons (Fsp3) is 0.444. The van der Waals surface area contributed by atoms with Gasteiger partial charge in [-0.25, -0.2) is 9.97 Å². The molecular formula is C36H46N4Zn+2. The van der Waals surface area contributed by atoms with E-state index in [0.717, 1.165) is 74.3 Å². The molecule has 210 valence electrons. The summed E-state index contributed by atoms with van der Waals surface area (Å²) in [4.78, 5) is 14.3. The van der Waals surface area contributed by atoms with Crippen molar-refractivity contribution < 1.29 is 19.5 Å². The van der Waals surface area contributed by atoms with Gasteiger partial charge in [-0.15, -0.1) is 0 Å². The topological polar surface area (TPSA) is 46.5 Å². The van der Waals surface area contributed by atoms with Gasteiger partial charge in [0.05, 0.1) is 22.8 Å². The molecule has 0 amide bonds. The van der Waals surface area contributed by atoms with Gasteiger partial charge in [-0.2, -0.15) is 0 Å². The molecule has 0 spiro atoms. The van der Waals surface area contributed by atoms with Crippen LogP contribution in [0, 0.1) is 0 Å². The minimum absolute atomic E-state index is 0. The summed E-state index contributed by atoms with van der Waals surface area (Å²) in [6.45, 7) is 19.3. The number of aryl methyl sites for hydroxylation is 7. The van der Waals surface area contributed by atoms with Crippen LogP contribution in [0.25, 0.3) is 45.9 Å². The summed E-state index contributed by atoms with van der Waals surface area (Å²) in [6.07, 6.45) is 13.5. The van der Waals surface area contributed by atoms with Gasteiger partial charge in [0.15, 0.2) is 0 Å². The van der Waals surface area contributed by atoms with E-state index in [1.165, 1.54) is 61.0 Å². The molecule has 0 aromatic carbocycles. The van der Waals surface area contributed by atoms with E-state index < -0.39 is 0 Å². The predicted octanol–water partition coefficient (Wildman–Crippen LogP) is 9.30. The van der Waals surface area contributed by atoms with Crippen LogP contribution in [0.1, 0.15) is 118 Å². The Hall–Kier alpha value is -2.78. The molecule has 2 aliphatic rings. The Bertz CT molecular complexity index is 1680. The molecule has 8 bridgehead atoms. The van der Waals surface area contributed by atoms with Crippen LogP contribution in [0.3, 0.4) is 0 Å². The summed E-state index contributed by atoms with van der Waals surface area (Å²) in [5.74, 6) is 0. The van der Waals surface area contributed by atoms with Crippen molar-refractivity contribution in [3.8, 4) is 0 Å². The van der Waals surface area contributed by atoms with Crippen LogP contribution in [0.2, 0.25) is 0 Å². The summed E-state index contributed by atoms with van der Waals surface area (Å²) in [7, 11) is 0. The van der Waals surface area contributed by atoms with Crippen molar-refractivity contribution >= 4 is 45.9 Å². The first kappa shape index (κ1) is 31.2. The minimum Gasteiger partial charge on any atom is -0.354 e. The molecule has 0 saturated heterocycles. The van der Waals surface area contributed by atoms with E-state index in [4.69, 9.17) is 9.97 Å². The third kappa shape index (κ3) is 5.20. The van der Waals surface area contributed by atoms with Gasteiger partial charge in [-0.05, 0) is 116 Å². The molecule has 0 saturated carbocycles. The Kier molecular flexibility index (Phi) is 9.90. The SMILES string of the molecule is CCC1=Cc2cc3nc(cc4c(CC)c(CC)c(c(CC)c5[nH]c(c(CC)c1n2)c(CC)c5CC)n4CC)C=C3.[Zn+2]. The average molecular weight is 600 g/mol. The Morgan fingerprint density at radius 3 is 1.68 bits per heavy atom. The predicted molar refractivity (Wildman–Crippen MR) is 174 cm³/mol. The molecule has 0 radical (unpaired) electrons. The number of aromatic amines is 1. The van der Waals surface area contributed by atoms with E-state index in [0.29, 0.717) is 0 Å². The Labute approximate surface area is 259 Å². The van der Waals surface area contributed by atoms with Crippen LogP contribution >= 0.6 is 0 Å². The van der Waals surface area contributed by atoms with E-state index in [1.54, 1.807) is 0 Å². The standard InChI is InChI=1S/C36H46N4.Zn/c1-9-22-19-25-20-23-17-18-24(37-23)21-32-26(10-2)29(13-5)36(40(32)16-8)31(15-7)35-28(12-4)27(11-3)34(39-35)30(14-6)33(22)38-25;/h17-21,39H,9-16H2,1-8H3;/q;+2. The summed E-state index contributed by atoms with van der Waals surface area (Å²) in [6, 6.07) is 4.45. The zero-order chi connectivity index (χ0) is 28.6. The van der Waals surface area contributed by atoms with E-state index in [2.05, 4.69) is 95.3 Å². The van der Waals surface area contributed by atoms with Crippen molar-refractivity contribution in [2.45, 2.75) is 107 Å². The maximum atomic E-state index is 5.22. The molecule has 0 aliphatic carbocycles. The first-order chi connectivity index (χ1) is 19.5. The number of rotatable bonds is 8. The Morgan fingerprint density at radius 2 is 1.15 bits per heavy atom. The number of allylic oxidation sites excluding steroid dienone is 1. The van der Waals surface area contributed by atoms with Gasteiger partial charge in [-0.1, -0.05) is 48.5 Å². The van der Waals surface area contributed by atoms with Crippen molar-refractivity contribution in [2.75, 3.05) is 0 Å². The van der Waals surface area contributed by atoms with E-state index in [1.807, 2.05) is 0 Å². The van der Waals surface area contributed by atoms with Crippen molar-refractivity contribution in [2.24, 2.45) is 0 Å². The largest absolute Gasteiger partial charge is 2.00 e. The number of aromatic nitrogens is 4. The Balaban J connectivity index is 0.00000387. The van der Waals surface area contributed by atoms with Crippen LogP contribution in [-0.4, -0.2) is 19.5 Å². The molecule has 1 N–H and O–H groups in total. The molecule has 5 heterocycles. The summed E-state index contributed by atoms with van der Waals surface area (Å²) in [5, 5.41) is 0. The van der Waals surface area contributed by atoms with Gasteiger partial charge < -0.3 is 9.55 Å². The van der Waals surface area contributed by atoms with Gasteiger partial charge in [0.25, 0.3) is 0 Å². The van der Waals surface area contributed by atoms with Gasteiger partial charge >= 0.3 is 19.5 Å². The van der Waals surface area contributed by atoms with Crippen LogP contribution in [0.5, 0.6) is 0 Å². The molecular weight excluding hydrogens is 554 g/mol. The number of H-pyrrole nitrogens is 1. The van der Waals surface area contributed by atoms with Crippen molar-refractivity contribution in [3.63, 3.8) is 0 Å². The van der Waals surface area contributed by atoms with Crippen molar-refractivity contribution in [1.29, 1.82) is 0 Å². The normalized spacial score (nSPS) is 12.5. The number of hydrogen-bond acceptors (Lipinski definition) is 2. The summed E-state index contributed by atoms with van der Waals surface area (Å²) >= 11 is 0. The molecule has 2 aliphatic heterocycles. The average Bonchev–Trinajstić information content (AvgIpc) is 3.73. The van der Waals surface area contributed by atoms with Crippen LogP contribution in [0.15, 0.2) is 12.1 Å². The monoisotopic (exact) mass is 598 g/mol. The van der Waals surface area contributed by atoms with Crippen LogP contribution < -0.4 is 0 Å². The third-order valence-electron chi connectivity index (χ3n) is 8.86. The van der Waals surface area contributed by atoms with Crippen molar-refractivity contribution in [3.05, 3.63) is 68.3 Å². The van der Waals surface area contributed by atoms with E-state index >= 15 is 0 Å². The zero-order valence-corrected chi connectivity index (χ0v) is 29.6. The molecule has 5 rings (SSSR count). The second-order valence-corrected chi connectivity index (χ2v) is 10.8. The number of nitrogens with zero attached hydrogens (tertiary/aromatic N) is 3. The molecule has 0 unspecified atom stereocenters. The molecule has 3 aromatic rings. The van der Waals surface area contributed by atoms with Crippen LogP contribution in [-0.2, 0) is 64.5 Å². The second kappa shape index (κ2) is 13.0. The second-order valence-electron chi connectivity index (χ2n) is 10.8. The number of nitrogens with one attached hydrogen (secondary N) is 1. The molecule has 41 heavy (non-hydrogen) atoms. The van der Waals surface area contributed by atoms with E-state index in [9.17, 15) is 0 Å². The van der Waals surface area contributed by atoms with Gasteiger partial charge in [0.1, 0.15) is 0 Å². The maximum absolute atomic E-state index is 5.22. The van der Waals surface area contributed by atoms with Crippen molar-refractivity contribution in [1.82, 2.24) is 19.5 Å². The number of fused-ring (bicyclic) bond motifs is 8. The third-order valence-corrected chi connectivity index (χ3v) is 8.86. The Morgan fingerprint density at radius 1 is 0.585 bits per heavy atom.